The van der Waals surface area contributed by atoms with Crippen molar-refractivity contribution in [3.05, 3.63) is 52.9 Å². The van der Waals surface area contributed by atoms with Crippen molar-refractivity contribution >= 4 is 26.6 Å². The normalized spacial score (nSPS) is 16.7. The second kappa shape index (κ2) is 5.66. The van der Waals surface area contributed by atoms with E-state index < -0.39 is 15.6 Å². The van der Waals surface area contributed by atoms with Gasteiger partial charge in [0.05, 0.1) is 29.0 Å². The first-order valence-corrected chi connectivity index (χ1v) is 9.00. The molecule has 0 amide bonds. The average molecular weight is 345 g/mol. The summed E-state index contributed by atoms with van der Waals surface area (Å²) in [5.41, 5.74) is 0.723. The van der Waals surface area contributed by atoms with Gasteiger partial charge in [-0.1, -0.05) is 6.07 Å². The molecule has 1 aliphatic rings. The molecule has 0 saturated carbocycles. The number of morpholine rings is 1. The zero-order valence-corrected chi connectivity index (χ0v) is 13.6. The first kappa shape index (κ1) is 15.3. The minimum atomic E-state index is -3.65. The van der Waals surface area contributed by atoms with E-state index in [-0.39, 0.29) is 10.3 Å². The summed E-state index contributed by atoms with van der Waals surface area (Å²) in [5, 5.41) is 0.285. The van der Waals surface area contributed by atoms with Crippen LogP contribution in [0.5, 0.6) is 0 Å². The molecule has 4 rings (SSSR count). The van der Waals surface area contributed by atoms with E-state index in [0.29, 0.717) is 37.5 Å². The highest BCUT2D eigenvalue weighted by molar-refractivity contribution is 7.89. The van der Waals surface area contributed by atoms with Crippen molar-refractivity contribution in [2.24, 2.45) is 0 Å². The predicted molar refractivity (Wildman–Crippen MR) is 88.5 cm³/mol. The summed E-state index contributed by atoms with van der Waals surface area (Å²) >= 11 is 0. The number of sulfonamides is 1. The van der Waals surface area contributed by atoms with E-state index in [1.807, 2.05) is 6.07 Å². The minimum absolute atomic E-state index is 0.103. The highest BCUT2D eigenvalue weighted by Gasteiger charge is 2.26. The summed E-state index contributed by atoms with van der Waals surface area (Å²) in [4.78, 5) is 16.4. The van der Waals surface area contributed by atoms with Gasteiger partial charge in [-0.25, -0.2) is 8.42 Å². The Morgan fingerprint density at radius 1 is 1.08 bits per heavy atom. The fourth-order valence-corrected chi connectivity index (χ4v) is 4.32. The number of benzene rings is 1. The van der Waals surface area contributed by atoms with Gasteiger partial charge in [0.1, 0.15) is 5.65 Å². The molecule has 0 N–H and O–H groups in total. The van der Waals surface area contributed by atoms with Gasteiger partial charge in [-0.2, -0.15) is 9.29 Å². The Morgan fingerprint density at radius 3 is 2.67 bits per heavy atom. The molecule has 0 aliphatic carbocycles. The smallest absolute Gasteiger partial charge is 0.281 e. The Labute approximate surface area is 138 Å². The number of hydrogen-bond donors (Lipinski definition) is 0. The number of rotatable bonds is 2. The van der Waals surface area contributed by atoms with Gasteiger partial charge in [-0.3, -0.25) is 4.79 Å². The van der Waals surface area contributed by atoms with Gasteiger partial charge in [0.2, 0.25) is 10.0 Å². The molecule has 3 heterocycles. The molecule has 1 aliphatic heterocycles. The number of ether oxygens (including phenoxy) is 1. The molecule has 2 aromatic heterocycles. The van der Waals surface area contributed by atoms with Gasteiger partial charge in [0.15, 0.2) is 0 Å². The molecule has 1 saturated heterocycles. The monoisotopic (exact) mass is 345 g/mol. The van der Waals surface area contributed by atoms with Gasteiger partial charge in [-0.05, 0) is 30.3 Å². The lowest BCUT2D eigenvalue weighted by atomic mass is 10.2. The Kier molecular flexibility index (Phi) is 3.60. The van der Waals surface area contributed by atoms with Gasteiger partial charge in [0, 0.05) is 19.3 Å². The number of aromatic nitrogens is 2. The largest absolute Gasteiger partial charge is 0.379 e. The van der Waals surface area contributed by atoms with Crippen LogP contribution in [-0.2, 0) is 14.8 Å². The van der Waals surface area contributed by atoms with Crippen molar-refractivity contribution in [2.45, 2.75) is 4.90 Å². The summed E-state index contributed by atoms with van der Waals surface area (Å²) in [6, 6.07) is 9.96. The van der Waals surface area contributed by atoms with Crippen LogP contribution in [0.4, 0.5) is 0 Å². The van der Waals surface area contributed by atoms with E-state index in [1.165, 1.54) is 16.4 Å². The van der Waals surface area contributed by atoms with Crippen LogP contribution in [0.2, 0.25) is 0 Å². The van der Waals surface area contributed by atoms with Crippen LogP contribution in [0.15, 0.2) is 52.3 Å². The second-order valence-electron chi connectivity index (χ2n) is 5.54. The topological polar surface area (TPSA) is 81.0 Å². The fourth-order valence-electron chi connectivity index (χ4n) is 2.89. The lowest BCUT2D eigenvalue weighted by molar-refractivity contribution is 0.0730. The van der Waals surface area contributed by atoms with Crippen molar-refractivity contribution in [2.75, 3.05) is 26.3 Å². The molecule has 8 heteroatoms. The molecule has 0 spiro atoms. The second-order valence-corrected chi connectivity index (χ2v) is 7.48. The summed E-state index contributed by atoms with van der Waals surface area (Å²) in [6.45, 7) is 1.38. The minimum Gasteiger partial charge on any atom is -0.379 e. The van der Waals surface area contributed by atoms with Crippen LogP contribution in [0.25, 0.3) is 16.6 Å². The van der Waals surface area contributed by atoms with Crippen LogP contribution < -0.4 is 5.56 Å². The molecule has 0 radical (unpaired) electrons. The van der Waals surface area contributed by atoms with E-state index in [2.05, 4.69) is 4.98 Å². The van der Waals surface area contributed by atoms with E-state index >= 15 is 0 Å². The van der Waals surface area contributed by atoms with Crippen LogP contribution in [0, 0.1) is 0 Å². The Hall–Kier alpha value is -2.29. The Morgan fingerprint density at radius 2 is 1.88 bits per heavy atom. The first-order chi connectivity index (χ1) is 11.6. The third-order valence-corrected chi connectivity index (χ3v) is 6.01. The molecular weight excluding hydrogens is 330 g/mol. The molecule has 124 valence electrons. The van der Waals surface area contributed by atoms with E-state index in [0.717, 1.165) is 0 Å². The molecule has 1 aromatic carbocycles. The number of fused-ring (bicyclic) bond motifs is 3. The molecule has 24 heavy (non-hydrogen) atoms. The molecule has 0 bridgehead atoms. The number of pyridine rings is 1. The van der Waals surface area contributed by atoms with E-state index in [4.69, 9.17) is 4.74 Å². The lowest BCUT2D eigenvalue weighted by Gasteiger charge is -2.26. The van der Waals surface area contributed by atoms with Crippen LogP contribution in [0.3, 0.4) is 0 Å². The average Bonchev–Trinajstić information content (AvgIpc) is 2.62. The molecule has 1 fully saturated rings. The maximum Gasteiger partial charge on any atom is 0.281 e. The van der Waals surface area contributed by atoms with Gasteiger partial charge >= 0.3 is 0 Å². The predicted octanol–water partition coefficient (Wildman–Crippen LogP) is 0.869. The van der Waals surface area contributed by atoms with Crippen molar-refractivity contribution in [1.29, 1.82) is 0 Å². The maximum absolute atomic E-state index is 12.7. The van der Waals surface area contributed by atoms with Gasteiger partial charge < -0.3 is 9.14 Å². The van der Waals surface area contributed by atoms with E-state index in [1.54, 1.807) is 28.8 Å². The van der Waals surface area contributed by atoms with Crippen LogP contribution >= 0.6 is 0 Å². The summed E-state index contributed by atoms with van der Waals surface area (Å²) in [5.74, 6) is 0. The summed E-state index contributed by atoms with van der Waals surface area (Å²) < 4.78 is 33.8. The molecular formula is C16H15N3O4S. The third-order valence-electron chi connectivity index (χ3n) is 4.12. The Balaban J connectivity index is 1.91. The highest BCUT2D eigenvalue weighted by Crippen LogP contribution is 2.21. The van der Waals surface area contributed by atoms with Crippen LogP contribution in [-0.4, -0.2) is 48.4 Å². The molecule has 7 nitrogen and oxygen atoms in total. The number of nitrogens with zero attached hydrogens (tertiary/aromatic N) is 3. The van der Waals surface area contributed by atoms with Gasteiger partial charge in [0.25, 0.3) is 5.56 Å². The zero-order chi connectivity index (χ0) is 16.7. The lowest BCUT2D eigenvalue weighted by Crippen LogP contribution is -2.40. The molecule has 0 atom stereocenters. The molecule has 3 aromatic rings. The maximum atomic E-state index is 12.7. The SMILES string of the molecule is O=c1nc2ccccn2c2ccc(S(=O)(=O)N3CCOCC3)cc12. The highest BCUT2D eigenvalue weighted by atomic mass is 32.2. The zero-order valence-electron chi connectivity index (χ0n) is 12.8. The van der Waals surface area contributed by atoms with Crippen molar-refractivity contribution in [3.63, 3.8) is 0 Å². The van der Waals surface area contributed by atoms with Gasteiger partial charge in [-0.15, -0.1) is 0 Å². The standard InChI is InChI=1S/C16H15N3O4S/c20-16-13-11-12(24(21,22)18-7-9-23-10-8-18)4-5-14(13)19-6-2-1-3-15(19)17-16/h1-6,11H,7-10H2. The van der Waals surface area contributed by atoms with Crippen molar-refractivity contribution < 1.29 is 13.2 Å². The third kappa shape index (κ3) is 2.39. The van der Waals surface area contributed by atoms with E-state index in [9.17, 15) is 13.2 Å². The quantitative estimate of drug-likeness (QED) is 0.644. The Bertz CT molecular complexity index is 1090. The summed E-state index contributed by atoms with van der Waals surface area (Å²) in [6.07, 6.45) is 1.79. The first-order valence-electron chi connectivity index (χ1n) is 7.56. The van der Waals surface area contributed by atoms with Crippen molar-refractivity contribution in [3.8, 4) is 0 Å². The van der Waals surface area contributed by atoms with Crippen molar-refractivity contribution in [1.82, 2.24) is 13.7 Å². The molecule has 0 unspecified atom stereocenters. The number of hydrogen-bond acceptors (Lipinski definition) is 5. The fraction of sp³-hybridized carbons (Fsp3) is 0.250. The summed E-state index contributed by atoms with van der Waals surface area (Å²) in [7, 11) is -3.65. The van der Waals surface area contributed by atoms with Crippen LogP contribution in [0.1, 0.15) is 0 Å².